The van der Waals surface area contributed by atoms with Crippen LogP contribution in [-0.4, -0.2) is 78.8 Å². The second-order valence-electron chi connectivity index (χ2n) is 7.30. The second kappa shape index (κ2) is 7.87. The number of carbonyl (C=O) groups excluding carboxylic acids is 1. The first-order chi connectivity index (χ1) is 14.7. The van der Waals surface area contributed by atoms with Crippen LogP contribution in [0.4, 0.5) is 0 Å². The van der Waals surface area contributed by atoms with Crippen molar-refractivity contribution in [2.45, 2.75) is 36.8 Å². The van der Waals surface area contributed by atoms with Crippen molar-refractivity contribution in [2.24, 2.45) is 0 Å². The molecule has 2 aromatic rings. The Morgan fingerprint density at radius 2 is 1.65 bits per heavy atom. The van der Waals surface area contributed by atoms with Gasteiger partial charge in [-0.1, -0.05) is 6.07 Å². The molecule has 2 aliphatic heterocycles. The molecule has 11 nitrogen and oxygen atoms in total. The van der Waals surface area contributed by atoms with Crippen molar-refractivity contribution in [1.82, 2.24) is 0 Å². The quantitative estimate of drug-likeness (QED) is 0.312. The summed E-state index contributed by atoms with van der Waals surface area (Å²) in [5.41, 5.74) is -0.0963. The van der Waals surface area contributed by atoms with Gasteiger partial charge in [0.05, 0.1) is 6.61 Å². The highest BCUT2D eigenvalue weighted by Gasteiger charge is 2.46. The van der Waals surface area contributed by atoms with Crippen LogP contribution < -0.4 is 4.74 Å². The summed E-state index contributed by atoms with van der Waals surface area (Å²) < 4.78 is 16.6. The predicted octanol–water partition coefficient (Wildman–Crippen LogP) is -0.350. The van der Waals surface area contributed by atoms with Gasteiger partial charge in [-0.2, -0.15) is 0 Å². The average molecular weight is 436 g/mol. The normalized spacial score (nSPS) is 30.5. The number of hydrogen-bond acceptors (Lipinski definition) is 11. The molecule has 1 fully saturated rings. The van der Waals surface area contributed by atoms with E-state index in [2.05, 4.69) is 0 Å². The van der Waals surface area contributed by atoms with E-state index in [4.69, 9.17) is 14.2 Å². The second-order valence-corrected chi connectivity index (χ2v) is 7.30. The number of phenolic OH excluding ortho intramolecular Hbond substituents is 4. The summed E-state index contributed by atoms with van der Waals surface area (Å²) >= 11 is 0. The average Bonchev–Trinajstić information content (AvgIpc) is 2.71. The third kappa shape index (κ3) is 3.73. The number of aliphatic hydroxyl groups is 3. The summed E-state index contributed by atoms with van der Waals surface area (Å²) in [7, 11) is 0. The highest BCUT2D eigenvalue weighted by atomic mass is 16.7. The largest absolute Gasteiger partial charge is 0.508 e. The molecule has 0 aliphatic carbocycles. The van der Waals surface area contributed by atoms with Crippen molar-refractivity contribution in [3.05, 3.63) is 41.5 Å². The Morgan fingerprint density at radius 1 is 0.903 bits per heavy atom. The number of aromatic hydroxyl groups is 4. The minimum absolute atomic E-state index is 0.152. The lowest BCUT2D eigenvalue weighted by Crippen LogP contribution is -2.56. The van der Waals surface area contributed by atoms with Gasteiger partial charge < -0.3 is 50.0 Å². The molecule has 0 spiro atoms. The van der Waals surface area contributed by atoms with Crippen LogP contribution in [0.3, 0.4) is 0 Å². The summed E-state index contributed by atoms with van der Waals surface area (Å²) in [4.78, 5) is 13.2. The van der Waals surface area contributed by atoms with Crippen molar-refractivity contribution in [2.75, 3.05) is 6.61 Å². The molecule has 0 amide bonds. The van der Waals surface area contributed by atoms with Crippen LogP contribution in [0.15, 0.2) is 30.3 Å². The molecule has 0 saturated carbocycles. The maximum absolute atomic E-state index is 13.2. The van der Waals surface area contributed by atoms with Crippen LogP contribution in [0.5, 0.6) is 28.7 Å². The highest BCUT2D eigenvalue weighted by molar-refractivity contribution is 6.05. The number of fused-ring (bicyclic) bond motifs is 1. The zero-order valence-electron chi connectivity index (χ0n) is 15.8. The van der Waals surface area contributed by atoms with Crippen LogP contribution in [0.1, 0.15) is 22.0 Å². The van der Waals surface area contributed by atoms with E-state index in [0.29, 0.717) is 0 Å². The van der Waals surface area contributed by atoms with Crippen LogP contribution >= 0.6 is 0 Å². The van der Waals surface area contributed by atoms with Gasteiger partial charge in [-0.3, -0.25) is 4.79 Å². The molecule has 2 aliphatic rings. The Balaban J connectivity index is 1.74. The summed E-state index contributed by atoms with van der Waals surface area (Å²) in [5, 5.41) is 69.0. The first-order valence-corrected chi connectivity index (χ1v) is 9.27. The lowest BCUT2D eigenvalue weighted by atomic mass is 9.92. The lowest BCUT2D eigenvalue weighted by Gasteiger charge is -2.39. The zero-order chi connectivity index (χ0) is 22.4. The van der Waals surface area contributed by atoms with Crippen LogP contribution in [0.25, 0.3) is 0 Å². The fourth-order valence-electron chi connectivity index (χ4n) is 3.54. The minimum Gasteiger partial charge on any atom is -0.508 e. The van der Waals surface area contributed by atoms with E-state index < -0.39 is 59.8 Å². The molecule has 6 atom stereocenters. The molecule has 0 radical (unpaired) electrons. The molecule has 2 aromatic carbocycles. The van der Waals surface area contributed by atoms with Gasteiger partial charge in [0, 0.05) is 12.1 Å². The molecule has 0 bridgehead atoms. The standard InChI is InChI=1S/C20H20O11/c21-8-4-11(24)14-13(5-8)30-18(7-1-2-9(22)10(23)3-7)19(16(14)27)31-20-17(28)15(26)12(25)6-29-20/h1-5,12,15,17-26,28H,6H2/t12-,15-,17+,18?,19?,20-/m0/s1. The Kier molecular flexibility index (Phi) is 5.37. The summed E-state index contributed by atoms with van der Waals surface area (Å²) in [5.74, 6) is -2.78. The number of rotatable bonds is 3. The van der Waals surface area contributed by atoms with Gasteiger partial charge in [-0.15, -0.1) is 0 Å². The molecule has 7 N–H and O–H groups in total. The maximum atomic E-state index is 13.2. The smallest absolute Gasteiger partial charge is 0.203 e. The van der Waals surface area contributed by atoms with Crippen molar-refractivity contribution in [1.29, 1.82) is 0 Å². The topological polar surface area (TPSA) is 186 Å². The number of carbonyl (C=O) groups is 1. The molecule has 4 rings (SSSR count). The minimum atomic E-state index is -1.69. The van der Waals surface area contributed by atoms with Gasteiger partial charge >= 0.3 is 0 Å². The van der Waals surface area contributed by atoms with Gasteiger partial charge in [0.25, 0.3) is 0 Å². The Morgan fingerprint density at radius 3 is 2.35 bits per heavy atom. The van der Waals surface area contributed by atoms with Gasteiger partial charge in [-0.05, 0) is 17.7 Å². The van der Waals surface area contributed by atoms with Crippen LogP contribution in [0.2, 0.25) is 0 Å². The molecule has 11 heteroatoms. The lowest BCUT2D eigenvalue weighted by molar-refractivity contribution is -0.283. The Labute approximate surface area is 174 Å². The van der Waals surface area contributed by atoms with E-state index in [9.17, 15) is 40.5 Å². The van der Waals surface area contributed by atoms with Crippen molar-refractivity contribution in [3.8, 4) is 28.7 Å². The van der Waals surface area contributed by atoms with Crippen molar-refractivity contribution < 1.29 is 54.8 Å². The van der Waals surface area contributed by atoms with Crippen LogP contribution in [-0.2, 0) is 9.47 Å². The van der Waals surface area contributed by atoms with Crippen LogP contribution in [0, 0.1) is 0 Å². The molecule has 1 saturated heterocycles. The van der Waals surface area contributed by atoms with Gasteiger partial charge in [-0.25, -0.2) is 0 Å². The molecular formula is C20H20O11. The number of hydrogen-bond donors (Lipinski definition) is 7. The fourth-order valence-corrected chi connectivity index (χ4v) is 3.54. The molecular weight excluding hydrogens is 416 g/mol. The first-order valence-electron chi connectivity index (χ1n) is 9.27. The van der Waals surface area contributed by atoms with E-state index in [1.54, 1.807) is 0 Å². The molecule has 166 valence electrons. The van der Waals surface area contributed by atoms with E-state index in [-0.39, 0.29) is 29.2 Å². The summed E-state index contributed by atoms with van der Waals surface area (Å²) in [6.45, 7) is -0.370. The Hall–Kier alpha value is -3.09. The van der Waals surface area contributed by atoms with Gasteiger partial charge in [0.1, 0.15) is 41.1 Å². The SMILES string of the molecule is O=C1c2c(O)cc(O)cc2OC(c2ccc(O)c(O)c2)C1O[C@@H]1OC[C@H](O)[C@H](O)[C@H]1O. The van der Waals surface area contributed by atoms with E-state index in [0.717, 1.165) is 24.3 Å². The highest BCUT2D eigenvalue weighted by Crippen LogP contribution is 2.44. The van der Waals surface area contributed by atoms with E-state index >= 15 is 0 Å². The summed E-state index contributed by atoms with van der Waals surface area (Å²) in [6.07, 6.45) is -8.95. The first kappa shape index (κ1) is 21.2. The monoisotopic (exact) mass is 436 g/mol. The van der Waals surface area contributed by atoms with Gasteiger partial charge in [0.15, 0.2) is 30.0 Å². The number of Topliss-reactive ketones (excluding diaryl/α,β-unsaturated/α-hetero) is 1. The molecule has 31 heavy (non-hydrogen) atoms. The maximum Gasteiger partial charge on any atom is 0.203 e. The predicted molar refractivity (Wildman–Crippen MR) is 99.9 cm³/mol. The number of ketones is 1. The zero-order valence-corrected chi connectivity index (χ0v) is 15.8. The number of phenols is 4. The molecule has 0 aromatic heterocycles. The Bertz CT molecular complexity index is 1010. The summed E-state index contributed by atoms with van der Waals surface area (Å²) in [6, 6.07) is 5.71. The number of benzene rings is 2. The number of ether oxygens (including phenoxy) is 3. The van der Waals surface area contributed by atoms with Crippen molar-refractivity contribution in [3.63, 3.8) is 0 Å². The van der Waals surface area contributed by atoms with Gasteiger partial charge in [0.2, 0.25) is 5.78 Å². The molecule has 2 unspecified atom stereocenters. The third-order valence-corrected chi connectivity index (χ3v) is 5.16. The van der Waals surface area contributed by atoms with E-state index in [1.807, 2.05) is 0 Å². The third-order valence-electron chi connectivity index (χ3n) is 5.16. The molecule has 2 heterocycles. The van der Waals surface area contributed by atoms with E-state index in [1.165, 1.54) is 6.07 Å². The van der Waals surface area contributed by atoms with Crippen molar-refractivity contribution >= 4 is 5.78 Å². The fraction of sp³-hybridized carbons (Fsp3) is 0.350. The number of aliphatic hydroxyl groups excluding tert-OH is 3.